The summed E-state index contributed by atoms with van der Waals surface area (Å²) < 4.78 is 42.9. The Hall–Kier alpha value is -1.31. The van der Waals surface area contributed by atoms with E-state index < -0.39 is 21.8 Å². The highest BCUT2D eigenvalue weighted by atomic mass is 32.2. The molecule has 1 unspecified atom stereocenters. The number of sulfonamides is 1. The average molecular weight is 299 g/mol. The minimum Gasteiger partial charge on any atom is -0.454 e. The Bertz CT molecular complexity index is 640. The fraction of sp³-hybridized carbons (Fsp3) is 0.538. The van der Waals surface area contributed by atoms with E-state index in [0.717, 1.165) is 0 Å². The van der Waals surface area contributed by atoms with Crippen molar-refractivity contribution in [3.63, 3.8) is 0 Å². The van der Waals surface area contributed by atoms with Crippen LogP contribution >= 0.6 is 0 Å². The molecule has 2 heterocycles. The summed E-state index contributed by atoms with van der Waals surface area (Å²) in [6.45, 7) is 5.92. The van der Waals surface area contributed by atoms with Crippen molar-refractivity contribution in [1.82, 2.24) is 4.31 Å². The SMILES string of the molecule is CC1OCC(C)(C)N1S(=O)(=O)c1ccc2c(c1)OCO2. The van der Waals surface area contributed by atoms with Crippen molar-refractivity contribution in [3.8, 4) is 11.5 Å². The summed E-state index contributed by atoms with van der Waals surface area (Å²) in [5, 5.41) is 0. The van der Waals surface area contributed by atoms with Crippen molar-refractivity contribution in [2.24, 2.45) is 0 Å². The number of ether oxygens (including phenoxy) is 3. The van der Waals surface area contributed by atoms with Gasteiger partial charge in [-0.05, 0) is 32.9 Å². The van der Waals surface area contributed by atoms with Crippen LogP contribution in [0.2, 0.25) is 0 Å². The second-order valence-electron chi connectivity index (χ2n) is 5.54. The first-order valence-corrected chi connectivity index (χ1v) is 7.82. The maximum absolute atomic E-state index is 12.8. The normalized spacial score (nSPS) is 25.1. The minimum absolute atomic E-state index is 0.119. The first-order valence-electron chi connectivity index (χ1n) is 6.38. The molecule has 0 radical (unpaired) electrons. The Morgan fingerprint density at radius 3 is 2.60 bits per heavy atom. The Labute approximate surface area is 118 Å². The molecule has 2 aliphatic rings. The highest BCUT2D eigenvalue weighted by Crippen LogP contribution is 2.38. The van der Waals surface area contributed by atoms with E-state index in [1.807, 2.05) is 13.8 Å². The summed E-state index contributed by atoms with van der Waals surface area (Å²) in [6.07, 6.45) is -0.486. The molecule has 1 aromatic carbocycles. The lowest BCUT2D eigenvalue weighted by Crippen LogP contribution is -2.47. The van der Waals surface area contributed by atoms with Gasteiger partial charge < -0.3 is 14.2 Å². The number of nitrogens with zero attached hydrogens (tertiary/aromatic N) is 1. The van der Waals surface area contributed by atoms with Gasteiger partial charge in [-0.25, -0.2) is 8.42 Å². The van der Waals surface area contributed by atoms with Gasteiger partial charge in [0.05, 0.1) is 17.0 Å². The highest BCUT2D eigenvalue weighted by Gasteiger charge is 2.46. The second kappa shape index (κ2) is 4.34. The van der Waals surface area contributed by atoms with Gasteiger partial charge in [0.1, 0.15) is 6.23 Å². The van der Waals surface area contributed by atoms with Crippen LogP contribution in [0, 0.1) is 0 Å². The van der Waals surface area contributed by atoms with Crippen molar-refractivity contribution in [2.75, 3.05) is 13.4 Å². The predicted octanol–water partition coefficient (Wildman–Crippen LogP) is 1.56. The zero-order valence-corrected chi connectivity index (χ0v) is 12.4. The number of hydrogen-bond donors (Lipinski definition) is 0. The van der Waals surface area contributed by atoms with Crippen LogP contribution in [0.5, 0.6) is 11.5 Å². The van der Waals surface area contributed by atoms with E-state index in [0.29, 0.717) is 18.1 Å². The zero-order valence-electron chi connectivity index (χ0n) is 11.6. The lowest BCUT2D eigenvalue weighted by Gasteiger charge is -2.30. The van der Waals surface area contributed by atoms with E-state index in [9.17, 15) is 8.42 Å². The van der Waals surface area contributed by atoms with Crippen molar-refractivity contribution < 1.29 is 22.6 Å². The second-order valence-corrected chi connectivity index (χ2v) is 7.35. The first-order chi connectivity index (χ1) is 9.32. The topological polar surface area (TPSA) is 65.1 Å². The number of rotatable bonds is 2. The number of fused-ring (bicyclic) bond motifs is 1. The third kappa shape index (κ3) is 1.97. The molecule has 2 aliphatic heterocycles. The largest absolute Gasteiger partial charge is 0.454 e. The molecule has 6 nitrogen and oxygen atoms in total. The standard InChI is InChI=1S/C13H17NO5S/c1-9-14(13(2,3)7-17-9)20(15,16)10-4-5-11-12(6-10)19-8-18-11/h4-6,9H,7-8H2,1-3H3. The maximum atomic E-state index is 12.8. The molecule has 3 rings (SSSR count). The van der Waals surface area contributed by atoms with Crippen molar-refractivity contribution >= 4 is 10.0 Å². The molecular formula is C13H17NO5S. The lowest BCUT2D eigenvalue weighted by atomic mass is 10.1. The van der Waals surface area contributed by atoms with Crippen LogP contribution in [0.15, 0.2) is 23.1 Å². The van der Waals surface area contributed by atoms with Crippen LogP contribution in [0.25, 0.3) is 0 Å². The molecule has 110 valence electrons. The van der Waals surface area contributed by atoms with Crippen LogP contribution in [0.1, 0.15) is 20.8 Å². The Kier molecular flexibility index (Phi) is 2.97. The molecule has 20 heavy (non-hydrogen) atoms. The minimum atomic E-state index is -3.64. The molecule has 1 saturated heterocycles. The molecule has 1 atom stereocenters. The van der Waals surface area contributed by atoms with E-state index in [2.05, 4.69) is 0 Å². The van der Waals surface area contributed by atoms with Gasteiger partial charge >= 0.3 is 0 Å². The molecule has 0 bridgehead atoms. The summed E-state index contributed by atoms with van der Waals surface area (Å²) in [5.74, 6) is 1.02. The summed E-state index contributed by atoms with van der Waals surface area (Å²) in [5.41, 5.74) is -0.575. The van der Waals surface area contributed by atoms with E-state index in [4.69, 9.17) is 14.2 Å². The molecule has 0 spiro atoms. The van der Waals surface area contributed by atoms with Gasteiger partial charge in [-0.1, -0.05) is 0 Å². The van der Waals surface area contributed by atoms with Crippen LogP contribution in [0.4, 0.5) is 0 Å². The zero-order chi connectivity index (χ0) is 14.5. The molecule has 0 N–H and O–H groups in total. The summed E-state index contributed by atoms with van der Waals surface area (Å²) in [4.78, 5) is 0.187. The van der Waals surface area contributed by atoms with Crippen LogP contribution in [0.3, 0.4) is 0 Å². The van der Waals surface area contributed by atoms with Gasteiger partial charge in [-0.2, -0.15) is 4.31 Å². The van der Waals surface area contributed by atoms with E-state index >= 15 is 0 Å². The van der Waals surface area contributed by atoms with Crippen molar-refractivity contribution in [1.29, 1.82) is 0 Å². The molecule has 0 saturated carbocycles. The molecule has 0 amide bonds. The third-order valence-electron chi connectivity index (χ3n) is 3.51. The van der Waals surface area contributed by atoms with E-state index in [1.165, 1.54) is 16.4 Å². The van der Waals surface area contributed by atoms with Gasteiger partial charge in [0, 0.05) is 6.07 Å². The fourth-order valence-electron chi connectivity index (χ4n) is 2.62. The predicted molar refractivity (Wildman–Crippen MR) is 71.1 cm³/mol. The van der Waals surface area contributed by atoms with Crippen LogP contribution < -0.4 is 9.47 Å². The first kappa shape index (κ1) is 13.7. The van der Waals surface area contributed by atoms with Crippen LogP contribution in [-0.4, -0.2) is 37.9 Å². The van der Waals surface area contributed by atoms with Gasteiger partial charge in [0.15, 0.2) is 11.5 Å². The van der Waals surface area contributed by atoms with Gasteiger partial charge in [-0.3, -0.25) is 0 Å². The molecule has 7 heteroatoms. The van der Waals surface area contributed by atoms with E-state index in [-0.39, 0.29) is 11.7 Å². The Morgan fingerprint density at radius 1 is 1.25 bits per heavy atom. The summed E-state index contributed by atoms with van der Waals surface area (Å²) >= 11 is 0. The Morgan fingerprint density at radius 2 is 1.95 bits per heavy atom. The van der Waals surface area contributed by atoms with Gasteiger partial charge in [0.2, 0.25) is 16.8 Å². The maximum Gasteiger partial charge on any atom is 0.245 e. The average Bonchev–Trinajstić information content (AvgIpc) is 2.92. The highest BCUT2D eigenvalue weighted by molar-refractivity contribution is 7.89. The summed E-state index contributed by atoms with van der Waals surface area (Å²) in [6, 6.07) is 4.65. The van der Waals surface area contributed by atoms with Crippen LogP contribution in [-0.2, 0) is 14.8 Å². The summed E-state index contributed by atoms with van der Waals surface area (Å²) in [7, 11) is -3.64. The fourth-order valence-corrected chi connectivity index (χ4v) is 4.50. The molecule has 1 fully saturated rings. The van der Waals surface area contributed by atoms with Gasteiger partial charge in [0.25, 0.3) is 0 Å². The molecule has 0 aliphatic carbocycles. The van der Waals surface area contributed by atoms with E-state index in [1.54, 1.807) is 13.0 Å². The quantitative estimate of drug-likeness (QED) is 0.829. The van der Waals surface area contributed by atoms with Crippen molar-refractivity contribution in [2.45, 2.75) is 37.4 Å². The monoisotopic (exact) mass is 299 g/mol. The smallest absolute Gasteiger partial charge is 0.245 e. The Balaban J connectivity index is 2.04. The number of hydrogen-bond acceptors (Lipinski definition) is 5. The molecule has 1 aromatic rings. The lowest BCUT2D eigenvalue weighted by molar-refractivity contribution is 0.0843. The third-order valence-corrected chi connectivity index (χ3v) is 5.66. The van der Waals surface area contributed by atoms with Crippen molar-refractivity contribution in [3.05, 3.63) is 18.2 Å². The van der Waals surface area contributed by atoms with Gasteiger partial charge in [-0.15, -0.1) is 0 Å². The molecular weight excluding hydrogens is 282 g/mol. The number of benzene rings is 1. The molecule has 0 aromatic heterocycles.